The van der Waals surface area contributed by atoms with Crippen molar-refractivity contribution in [2.45, 2.75) is 6.92 Å². The summed E-state index contributed by atoms with van der Waals surface area (Å²) in [5, 5.41) is 8.03. The fraction of sp³-hybridized carbons (Fsp3) is 0.0667. The Morgan fingerprint density at radius 2 is 1.14 bits per heavy atom. The number of carbonyl (C=O) groups is 2. The summed E-state index contributed by atoms with van der Waals surface area (Å²) in [5.74, 6) is -0.142. The molecule has 3 amide bonds. The monoisotopic (exact) mass is 284 g/mol. The van der Waals surface area contributed by atoms with E-state index in [2.05, 4.69) is 16.0 Å². The third-order valence-electron chi connectivity index (χ3n) is 2.63. The Morgan fingerprint density at radius 3 is 1.57 bits per heavy atom. The van der Waals surface area contributed by atoms with E-state index in [1.165, 1.54) is 6.92 Å². The number of rotatable bonds is 3. The molecular formula is C15H16N4O2. The van der Waals surface area contributed by atoms with Gasteiger partial charge in [0.05, 0.1) is 0 Å². The predicted octanol–water partition coefficient (Wildman–Crippen LogP) is 2.87. The normalized spacial score (nSPS) is 9.76. The average Bonchev–Trinajstić information content (AvgIpc) is 2.43. The van der Waals surface area contributed by atoms with E-state index in [0.717, 1.165) is 0 Å². The second-order valence-electron chi connectivity index (χ2n) is 4.46. The van der Waals surface area contributed by atoms with Gasteiger partial charge in [0.15, 0.2) is 0 Å². The van der Waals surface area contributed by atoms with Gasteiger partial charge in [-0.15, -0.1) is 0 Å². The summed E-state index contributed by atoms with van der Waals surface area (Å²) in [7, 11) is 0. The molecule has 6 heteroatoms. The van der Waals surface area contributed by atoms with Crippen LogP contribution in [0, 0.1) is 0 Å². The molecule has 21 heavy (non-hydrogen) atoms. The Kier molecular flexibility index (Phi) is 4.40. The van der Waals surface area contributed by atoms with E-state index in [1.54, 1.807) is 48.5 Å². The van der Waals surface area contributed by atoms with Gasteiger partial charge in [0.2, 0.25) is 5.91 Å². The third-order valence-corrected chi connectivity index (χ3v) is 2.63. The molecule has 0 saturated carbocycles. The molecule has 0 spiro atoms. The van der Waals surface area contributed by atoms with Crippen molar-refractivity contribution >= 4 is 34.7 Å². The fourth-order valence-corrected chi connectivity index (χ4v) is 1.70. The molecule has 0 unspecified atom stereocenters. The summed E-state index contributed by atoms with van der Waals surface area (Å²) in [6.45, 7) is 1.44. The molecule has 0 atom stereocenters. The Morgan fingerprint density at radius 1 is 0.762 bits per heavy atom. The molecule has 2 aromatic rings. The van der Waals surface area contributed by atoms with Crippen molar-refractivity contribution in [3.8, 4) is 0 Å². The molecule has 0 saturated heterocycles. The number of amides is 3. The largest absolute Gasteiger partial charge is 0.399 e. The van der Waals surface area contributed by atoms with E-state index < -0.39 is 0 Å². The average molecular weight is 284 g/mol. The van der Waals surface area contributed by atoms with E-state index >= 15 is 0 Å². The summed E-state index contributed by atoms with van der Waals surface area (Å²) in [5.41, 5.74) is 8.15. The molecule has 2 aromatic carbocycles. The first-order chi connectivity index (χ1) is 10.0. The number of carbonyl (C=O) groups excluding carboxylic acids is 2. The molecule has 6 nitrogen and oxygen atoms in total. The maximum Gasteiger partial charge on any atom is 0.323 e. The predicted molar refractivity (Wildman–Crippen MR) is 84.2 cm³/mol. The molecule has 0 aromatic heterocycles. The summed E-state index contributed by atoms with van der Waals surface area (Å²) >= 11 is 0. The number of nitrogens with two attached hydrogens (primary N) is 1. The summed E-state index contributed by atoms with van der Waals surface area (Å²) in [6, 6.07) is 13.3. The van der Waals surface area contributed by atoms with Crippen molar-refractivity contribution in [3.63, 3.8) is 0 Å². The topological polar surface area (TPSA) is 96.2 Å². The molecule has 0 bridgehead atoms. The van der Waals surface area contributed by atoms with E-state index in [9.17, 15) is 9.59 Å². The highest BCUT2D eigenvalue weighted by atomic mass is 16.2. The maximum atomic E-state index is 11.8. The van der Waals surface area contributed by atoms with Crippen LogP contribution in [-0.4, -0.2) is 11.9 Å². The second-order valence-corrected chi connectivity index (χ2v) is 4.46. The maximum absolute atomic E-state index is 11.8. The van der Waals surface area contributed by atoms with Gasteiger partial charge < -0.3 is 21.7 Å². The van der Waals surface area contributed by atoms with E-state index in [-0.39, 0.29) is 11.9 Å². The zero-order valence-corrected chi connectivity index (χ0v) is 11.5. The van der Waals surface area contributed by atoms with Gasteiger partial charge in [-0.1, -0.05) is 0 Å². The summed E-state index contributed by atoms with van der Waals surface area (Å²) < 4.78 is 0. The summed E-state index contributed by atoms with van der Waals surface area (Å²) in [4.78, 5) is 22.7. The van der Waals surface area contributed by atoms with Gasteiger partial charge >= 0.3 is 6.03 Å². The van der Waals surface area contributed by atoms with Gasteiger partial charge in [-0.2, -0.15) is 0 Å². The van der Waals surface area contributed by atoms with Crippen LogP contribution in [0.1, 0.15) is 6.92 Å². The number of anilines is 4. The molecule has 0 fully saturated rings. The Hall–Kier alpha value is -3.02. The van der Waals surface area contributed by atoms with Crippen molar-refractivity contribution < 1.29 is 9.59 Å². The lowest BCUT2D eigenvalue weighted by Gasteiger charge is -2.09. The zero-order chi connectivity index (χ0) is 15.2. The SMILES string of the molecule is CC(=O)Nc1ccc(NC(=O)Nc2ccc(N)cc2)cc1. The van der Waals surface area contributed by atoms with E-state index in [4.69, 9.17) is 5.73 Å². The first-order valence-corrected chi connectivity index (χ1v) is 6.34. The highest BCUT2D eigenvalue weighted by molar-refractivity contribution is 6.00. The van der Waals surface area contributed by atoms with Crippen molar-refractivity contribution in [1.82, 2.24) is 0 Å². The first kappa shape index (κ1) is 14.4. The third kappa shape index (κ3) is 4.54. The molecular weight excluding hydrogens is 268 g/mol. The molecule has 0 heterocycles. The number of nitrogen functional groups attached to an aromatic ring is 1. The second kappa shape index (κ2) is 6.42. The smallest absolute Gasteiger partial charge is 0.323 e. The minimum absolute atomic E-state index is 0.142. The van der Waals surface area contributed by atoms with Crippen LogP contribution in [-0.2, 0) is 4.79 Å². The molecule has 0 aliphatic carbocycles. The Labute approximate surface area is 122 Å². The number of urea groups is 1. The molecule has 108 valence electrons. The van der Waals surface area contributed by atoms with Crippen molar-refractivity contribution in [1.29, 1.82) is 0 Å². The van der Waals surface area contributed by atoms with Crippen LogP contribution in [0.25, 0.3) is 0 Å². The van der Waals surface area contributed by atoms with Gasteiger partial charge in [-0.3, -0.25) is 4.79 Å². The highest BCUT2D eigenvalue weighted by Gasteiger charge is 2.03. The highest BCUT2D eigenvalue weighted by Crippen LogP contribution is 2.15. The zero-order valence-electron chi connectivity index (χ0n) is 11.5. The lowest BCUT2D eigenvalue weighted by atomic mass is 10.2. The lowest BCUT2D eigenvalue weighted by Crippen LogP contribution is -2.19. The molecule has 2 rings (SSSR count). The van der Waals surface area contributed by atoms with Crippen molar-refractivity contribution in [2.75, 3.05) is 21.7 Å². The van der Waals surface area contributed by atoms with Crippen LogP contribution >= 0.6 is 0 Å². The Balaban J connectivity index is 1.93. The van der Waals surface area contributed by atoms with Gasteiger partial charge in [0.1, 0.15) is 0 Å². The van der Waals surface area contributed by atoms with Crippen LogP contribution in [0.2, 0.25) is 0 Å². The number of hydrogen-bond donors (Lipinski definition) is 4. The Bertz CT molecular complexity index is 636. The van der Waals surface area contributed by atoms with Gasteiger partial charge in [-0.05, 0) is 48.5 Å². The van der Waals surface area contributed by atoms with Gasteiger partial charge in [0.25, 0.3) is 0 Å². The summed E-state index contributed by atoms with van der Waals surface area (Å²) in [6.07, 6.45) is 0. The number of benzene rings is 2. The molecule has 0 radical (unpaired) electrons. The van der Waals surface area contributed by atoms with Gasteiger partial charge in [0, 0.05) is 29.7 Å². The van der Waals surface area contributed by atoms with Crippen molar-refractivity contribution in [2.24, 2.45) is 0 Å². The number of nitrogens with one attached hydrogen (secondary N) is 3. The lowest BCUT2D eigenvalue weighted by molar-refractivity contribution is -0.114. The van der Waals surface area contributed by atoms with Crippen LogP contribution in [0.3, 0.4) is 0 Å². The van der Waals surface area contributed by atoms with Crippen LogP contribution in [0.4, 0.5) is 27.5 Å². The van der Waals surface area contributed by atoms with E-state index in [1.807, 2.05) is 0 Å². The molecule has 0 aliphatic heterocycles. The van der Waals surface area contributed by atoms with Gasteiger partial charge in [-0.25, -0.2) is 4.79 Å². The molecule has 5 N–H and O–H groups in total. The molecule has 0 aliphatic rings. The quantitative estimate of drug-likeness (QED) is 0.652. The van der Waals surface area contributed by atoms with Crippen LogP contribution in [0.15, 0.2) is 48.5 Å². The van der Waals surface area contributed by atoms with Crippen LogP contribution in [0.5, 0.6) is 0 Å². The van der Waals surface area contributed by atoms with Crippen molar-refractivity contribution in [3.05, 3.63) is 48.5 Å². The minimum atomic E-state index is -0.355. The first-order valence-electron chi connectivity index (χ1n) is 6.34. The standard InChI is InChI=1S/C15H16N4O2/c1-10(20)17-12-6-8-14(9-7-12)19-15(21)18-13-4-2-11(16)3-5-13/h2-9H,16H2,1H3,(H,17,20)(H2,18,19,21). The minimum Gasteiger partial charge on any atom is -0.399 e. The van der Waals surface area contributed by atoms with E-state index in [0.29, 0.717) is 22.7 Å². The number of hydrogen-bond acceptors (Lipinski definition) is 3. The van der Waals surface area contributed by atoms with Crippen LogP contribution < -0.4 is 21.7 Å². The fourth-order valence-electron chi connectivity index (χ4n) is 1.70.